The molecule has 0 heterocycles. The van der Waals surface area contributed by atoms with Gasteiger partial charge >= 0.3 is 12.1 Å². The summed E-state index contributed by atoms with van der Waals surface area (Å²) in [6.45, 7) is 0. The van der Waals surface area contributed by atoms with Crippen LogP contribution in [-0.4, -0.2) is 16.9 Å². The Balaban J connectivity index is 1.97. The van der Waals surface area contributed by atoms with Crippen LogP contribution in [0.3, 0.4) is 0 Å². The first-order valence-corrected chi connectivity index (χ1v) is 6.70. The second-order valence-electron chi connectivity index (χ2n) is 5.42. The third-order valence-corrected chi connectivity index (χ3v) is 3.90. The van der Waals surface area contributed by atoms with Gasteiger partial charge in [0.25, 0.3) is 0 Å². The minimum absolute atomic E-state index is 0.000827. The number of aliphatic carboxylic acids is 1. The first kappa shape index (κ1) is 15.5. The molecule has 1 aromatic rings. The molecule has 1 aliphatic carbocycles. The Bertz CT molecular complexity index is 534. The highest BCUT2D eigenvalue weighted by molar-refractivity contribution is 5.96. The van der Waals surface area contributed by atoms with Gasteiger partial charge in [-0.1, -0.05) is 12.1 Å². The van der Waals surface area contributed by atoms with Crippen molar-refractivity contribution in [2.75, 3.05) is 0 Å². The second kappa shape index (κ2) is 5.87. The van der Waals surface area contributed by atoms with Crippen LogP contribution in [0.2, 0.25) is 0 Å². The zero-order valence-corrected chi connectivity index (χ0v) is 11.2. The summed E-state index contributed by atoms with van der Waals surface area (Å²) in [6.07, 6.45) is -2.54. The number of alkyl halides is 3. The van der Waals surface area contributed by atoms with Crippen LogP contribution in [0.25, 0.3) is 0 Å². The summed E-state index contributed by atoms with van der Waals surface area (Å²) in [5.41, 5.74) is -0.548. The van der Waals surface area contributed by atoms with Crippen molar-refractivity contribution >= 4 is 11.8 Å². The van der Waals surface area contributed by atoms with E-state index in [1.807, 2.05) is 0 Å². The summed E-state index contributed by atoms with van der Waals surface area (Å²) in [6, 6.07) is 4.13. The van der Waals surface area contributed by atoms with E-state index < -0.39 is 23.6 Å². The van der Waals surface area contributed by atoms with Gasteiger partial charge in [-0.05, 0) is 37.3 Å². The number of benzene rings is 1. The number of carbonyl (C=O) groups is 2. The lowest BCUT2D eigenvalue weighted by Gasteiger charge is -2.10. The Kier molecular flexibility index (Phi) is 4.34. The summed E-state index contributed by atoms with van der Waals surface area (Å²) in [5, 5.41) is 8.90. The minimum atomic E-state index is -4.41. The fourth-order valence-corrected chi connectivity index (χ4v) is 2.71. The first-order chi connectivity index (χ1) is 9.77. The highest BCUT2D eigenvalue weighted by Gasteiger charge is 2.32. The van der Waals surface area contributed by atoms with Gasteiger partial charge in [0, 0.05) is 12.0 Å². The Morgan fingerprint density at radius 3 is 2.24 bits per heavy atom. The van der Waals surface area contributed by atoms with E-state index in [9.17, 15) is 22.8 Å². The number of Topliss-reactive ketones (excluding diaryl/α,β-unsaturated/α-hetero) is 1. The molecule has 0 radical (unpaired) electrons. The molecule has 6 heteroatoms. The topological polar surface area (TPSA) is 54.4 Å². The number of rotatable bonds is 4. The number of halogens is 3. The average molecular weight is 300 g/mol. The van der Waals surface area contributed by atoms with Crippen molar-refractivity contribution in [3.8, 4) is 0 Å². The number of carboxylic acids is 1. The van der Waals surface area contributed by atoms with Crippen LogP contribution >= 0.6 is 0 Å². The molecule has 1 aromatic carbocycles. The van der Waals surface area contributed by atoms with Crippen LogP contribution in [0.15, 0.2) is 24.3 Å². The monoisotopic (exact) mass is 300 g/mol. The maximum Gasteiger partial charge on any atom is 0.416 e. The van der Waals surface area contributed by atoms with Gasteiger partial charge in [-0.15, -0.1) is 0 Å². The fraction of sp³-hybridized carbons (Fsp3) is 0.467. The van der Waals surface area contributed by atoms with E-state index in [-0.39, 0.29) is 23.7 Å². The molecular weight excluding hydrogens is 285 g/mol. The van der Waals surface area contributed by atoms with Crippen molar-refractivity contribution in [2.45, 2.75) is 31.9 Å². The molecule has 1 aliphatic rings. The van der Waals surface area contributed by atoms with Gasteiger partial charge in [-0.25, -0.2) is 0 Å². The smallest absolute Gasteiger partial charge is 0.416 e. The van der Waals surface area contributed by atoms with Gasteiger partial charge in [-0.2, -0.15) is 13.2 Å². The lowest BCUT2D eigenvalue weighted by Crippen LogP contribution is -2.11. The lowest BCUT2D eigenvalue weighted by atomic mass is 9.95. The van der Waals surface area contributed by atoms with E-state index in [0.717, 1.165) is 12.1 Å². The van der Waals surface area contributed by atoms with Crippen molar-refractivity contribution < 1.29 is 27.9 Å². The second-order valence-corrected chi connectivity index (χ2v) is 5.42. The molecule has 0 spiro atoms. The molecule has 2 unspecified atom stereocenters. The van der Waals surface area contributed by atoms with Gasteiger partial charge in [0.05, 0.1) is 11.5 Å². The molecule has 2 rings (SSSR count). The predicted molar refractivity (Wildman–Crippen MR) is 68.9 cm³/mol. The van der Waals surface area contributed by atoms with E-state index in [1.165, 1.54) is 12.1 Å². The Morgan fingerprint density at radius 2 is 1.76 bits per heavy atom. The molecule has 0 amide bonds. The number of carbonyl (C=O) groups excluding carboxylic acids is 1. The SMILES string of the molecule is O=C(CC1CCC(C(=O)O)C1)c1ccc(C(F)(F)F)cc1. The van der Waals surface area contributed by atoms with E-state index in [4.69, 9.17) is 5.11 Å². The van der Waals surface area contributed by atoms with Crippen LogP contribution in [-0.2, 0) is 11.0 Å². The van der Waals surface area contributed by atoms with Crippen molar-refractivity contribution in [1.82, 2.24) is 0 Å². The fourth-order valence-electron chi connectivity index (χ4n) is 2.71. The Morgan fingerprint density at radius 1 is 1.14 bits per heavy atom. The molecule has 1 fully saturated rings. The molecule has 0 bridgehead atoms. The molecule has 3 nitrogen and oxygen atoms in total. The van der Waals surface area contributed by atoms with Gasteiger partial charge < -0.3 is 5.11 Å². The quantitative estimate of drug-likeness (QED) is 0.861. The molecule has 0 aromatic heterocycles. The summed E-state index contributed by atoms with van der Waals surface area (Å²) < 4.78 is 37.3. The number of hydrogen-bond donors (Lipinski definition) is 1. The van der Waals surface area contributed by atoms with Crippen molar-refractivity contribution in [1.29, 1.82) is 0 Å². The molecule has 2 atom stereocenters. The average Bonchev–Trinajstić information content (AvgIpc) is 2.86. The molecule has 114 valence electrons. The third kappa shape index (κ3) is 3.83. The highest BCUT2D eigenvalue weighted by Crippen LogP contribution is 2.34. The normalized spacial score (nSPS) is 22.2. The maximum absolute atomic E-state index is 12.4. The van der Waals surface area contributed by atoms with E-state index >= 15 is 0 Å². The van der Waals surface area contributed by atoms with E-state index in [1.54, 1.807) is 0 Å². The van der Waals surface area contributed by atoms with Gasteiger partial charge in [0.15, 0.2) is 5.78 Å². The summed E-state index contributed by atoms with van der Waals surface area (Å²) in [4.78, 5) is 22.9. The van der Waals surface area contributed by atoms with Gasteiger partial charge in [0.1, 0.15) is 0 Å². The largest absolute Gasteiger partial charge is 0.481 e. The summed E-state index contributed by atoms with van der Waals surface area (Å²) in [7, 11) is 0. The summed E-state index contributed by atoms with van der Waals surface area (Å²) >= 11 is 0. The number of carboxylic acid groups (broad SMARTS) is 1. The number of ketones is 1. The molecule has 0 aliphatic heterocycles. The molecular formula is C15H15F3O3. The van der Waals surface area contributed by atoms with Crippen molar-refractivity contribution in [2.24, 2.45) is 11.8 Å². The van der Waals surface area contributed by atoms with Gasteiger partial charge in [0.2, 0.25) is 0 Å². The zero-order chi connectivity index (χ0) is 15.6. The van der Waals surface area contributed by atoms with E-state index in [0.29, 0.717) is 19.3 Å². The Hall–Kier alpha value is -1.85. The molecule has 1 N–H and O–H groups in total. The first-order valence-electron chi connectivity index (χ1n) is 6.70. The predicted octanol–water partition coefficient (Wildman–Crippen LogP) is 3.78. The maximum atomic E-state index is 12.4. The molecule has 1 saturated carbocycles. The zero-order valence-electron chi connectivity index (χ0n) is 11.2. The van der Waals surface area contributed by atoms with Gasteiger partial charge in [-0.3, -0.25) is 9.59 Å². The van der Waals surface area contributed by atoms with Crippen LogP contribution in [0.5, 0.6) is 0 Å². The number of hydrogen-bond acceptors (Lipinski definition) is 2. The standard InChI is InChI=1S/C15H15F3O3/c16-15(17,18)12-5-3-10(4-6-12)13(19)8-9-1-2-11(7-9)14(20)21/h3-6,9,11H,1-2,7-8H2,(H,20,21). The van der Waals surface area contributed by atoms with Crippen LogP contribution < -0.4 is 0 Å². The van der Waals surface area contributed by atoms with Crippen LogP contribution in [0.1, 0.15) is 41.6 Å². The van der Waals surface area contributed by atoms with Crippen LogP contribution in [0, 0.1) is 11.8 Å². The van der Waals surface area contributed by atoms with Crippen LogP contribution in [0.4, 0.5) is 13.2 Å². The molecule has 21 heavy (non-hydrogen) atoms. The lowest BCUT2D eigenvalue weighted by molar-refractivity contribution is -0.141. The third-order valence-electron chi connectivity index (χ3n) is 3.90. The minimum Gasteiger partial charge on any atom is -0.481 e. The Labute approximate surface area is 119 Å². The van der Waals surface area contributed by atoms with Crippen molar-refractivity contribution in [3.05, 3.63) is 35.4 Å². The highest BCUT2D eigenvalue weighted by atomic mass is 19.4. The molecule has 0 saturated heterocycles. The summed E-state index contributed by atoms with van der Waals surface area (Å²) in [5.74, 6) is -1.49. The van der Waals surface area contributed by atoms with E-state index in [2.05, 4.69) is 0 Å². The van der Waals surface area contributed by atoms with Crippen molar-refractivity contribution in [3.63, 3.8) is 0 Å².